The molecule has 1 amide bonds. The quantitative estimate of drug-likeness (QED) is 0.817. The second-order valence-electron chi connectivity index (χ2n) is 4.98. The number of amides is 1. The summed E-state index contributed by atoms with van der Waals surface area (Å²) in [5.74, 6) is -1.60. The zero-order chi connectivity index (χ0) is 16.3. The molecule has 4 nitrogen and oxygen atoms in total. The summed E-state index contributed by atoms with van der Waals surface area (Å²) < 4.78 is 36.5. The van der Waals surface area contributed by atoms with Gasteiger partial charge in [0.25, 0.3) is 5.91 Å². The number of alkyl halides is 3. The van der Waals surface area contributed by atoms with E-state index in [0.717, 1.165) is 0 Å². The Morgan fingerprint density at radius 2 is 1.71 bits per heavy atom. The molecule has 0 unspecified atom stereocenters. The number of benzene rings is 1. The molecule has 1 aromatic rings. The van der Waals surface area contributed by atoms with E-state index in [4.69, 9.17) is 5.11 Å². The minimum absolute atomic E-state index is 0.0242. The van der Waals surface area contributed by atoms with Crippen LogP contribution in [0.4, 0.5) is 13.2 Å². The fraction of sp³-hybridized carbons (Fsp3) is 0.385. The zero-order valence-corrected chi connectivity index (χ0v) is 12.1. The largest absolute Gasteiger partial charge is 0.481 e. The van der Waals surface area contributed by atoms with Gasteiger partial charge in [0.05, 0.1) is 6.42 Å². The molecule has 0 fully saturated rings. The van der Waals surface area contributed by atoms with E-state index in [1.807, 2.05) is 0 Å². The Kier molecular flexibility index (Phi) is 5.27. The Hall–Kier alpha value is -1.70. The molecule has 1 rings (SSSR count). The highest BCUT2D eigenvalue weighted by Gasteiger charge is 2.29. The monoisotopic (exact) mass is 321 g/mol. The van der Waals surface area contributed by atoms with Crippen LogP contribution >= 0.6 is 11.8 Å². The zero-order valence-electron chi connectivity index (χ0n) is 11.3. The summed E-state index contributed by atoms with van der Waals surface area (Å²) in [6.07, 6.45) is -0.263. The van der Waals surface area contributed by atoms with E-state index in [1.54, 1.807) is 13.8 Å². The van der Waals surface area contributed by atoms with Gasteiger partial charge in [-0.25, -0.2) is 0 Å². The van der Waals surface area contributed by atoms with Crippen LogP contribution in [0.25, 0.3) is 0 Å². The van der Waals surface area contributed by atoms with Crippen molar-refractivity contribution in [1.82, 2.24) is 5.32 Å². The van der Waals surface area contributed by atoms with Crippen molar-refractivity contribution in [2.24, 2.45) is 0 Å². The van der Waals surface area contributed by atoms with Gasteiger partial charge in [0.1, 0.15) is 0 Å². The molecule has 21 heavy (non-hydrogen) atoms. The fourth-order valence-corrected chi connectivity index (χ4v) is 2.15. The summed E-state index contributed by atoms with van der Waals surface area (Å²) in [6.45, 7) is 3.10. The van der Waals surface area contributed by atoms with Crippen molar-refractivity contribution in [2.75, 3.05) is 0 Å². The third kappa shape index (κ3) is 6.52. The Bertz CT molecular complexity index is 526. The lowest BCUT2D eigenvalue weighted by molar-refractivity contribution is -0.138. The number of hydrogen-bond acceptors (Lipinski definition) is 3. The molecule has 0 bridgehead atoms. The van der Waals surface area contributed by atoms with E-state index >= 15 is 0 Å². The van der Waals surface area contributed by atoms with E-state index in [0.29, 0.717) is 0 Å². The molecule has 2 N–H and O–H groups in total. The second kappa shape index (κ2) is 6.38. The third-order valence-corrected chi connectivity index (χ3v) is 3.13. The van der Waals surface area contributed by atoms with Crippen molar-refractivity contribution in [3.8, 4) is 0 Å². The molecular formula is C13H14F3NO3S. The minimum Gasteiger partial charge on any atom is -0.481 e. The maximum absolute atomic E-state index is 12.2. The summed E-state index contributed by atoms with van der Waals surface area (Å²) in [7, 11) is 0. The van der Waals surface area contributed by atoms with Crippen LogP contribution in [0.15, 0.2) is 29.2 Å². The summed E-state index contributed by atoms with van der Waals surface area (Å²) in [4.78, 5) is 22.5. The van der Waals surface area contributed by atoms with Gasteiger partial charge in [-0.2, -0.15) is 13.2 Å². The van der Waals surface area contributed by atoms with Crippen molar-refractivity contribution < 1.29 is 27.9 Å². The molecule has 0 aliphatic heterocycles. The van der Waals surface area contributed by atoms with Crippen LogP contribution in [-0.4, -0.2) is 28.0 Å². The Morgan fingerprint density at radius 1 is 1.19 bits per heavy atom. The van der Waals surface area contributed by atoms with Crippen molar-refractivity contribution in [2.45, 2.75) is 36.2 Å². The number of nitrogens with one attached hydrogen (secondary N) is 1. The number of thioether (sulfide) groups is 1. The first-order valence-corrected chi connectivity index (χ1v) is 6.70. The number of hydrogen-bond donors (Lipinski definition) is 2. The molecule has 0 atom stereocenters. The number of aliphatic carboxylic acids is 1. The minimum atomic E-state index is -4.38. The standard InChI is InChI=1S/C13H14F3NO3S/c1-12(2,7-10(18)19)17-11(20)8-3-5-9(6-4-8)21-13(14,15)16/h3-6H,7H2,1-2H3,(H,17,20)(H,18,19). The van der Waals surface area contributed by atoms with E-state index < -0.39 is 22.9 Å². The van der Waals surface area contributed by atoms with Gasteiger partial charge in [-0.3, -0.25) is 9.59 Å². The molecule has 8 heteroatoms. The number of carbonyl (C=O) groups excluding carboxylic acids is 1. The number of carbonyl (C=O) groups is 2. The first-order chi connectivity index (χ1) is 9.48. The van der Waals surface area contributed by atoms with Gasteiger partial charge in [-0.15, -0.1) is 0 Å². The van der Waals surface area contributed by atoms with Crippen LogP contribution in [0.2, 0.25) is 0 Å². The molecule has 0 aliphatic carbocycles. The lowest BCUT2D eigenvalue weighted by Gasteiger charge is -2.24. The van der Waals surface area contributed by atoms with Gasteiger partial charge in [0.2, 0.25) is 0 Å². The average molecular weight is 321 g/mol. The number of rotatable bonds is 5. The molecule has 116 valence electrons. The van der Waals surface area contributed by atoms with Crippen molar-refractivity contribution in [3.05, 3.63) is 29.8 Å². The summed E-state index contributed by atoms with van der Waals surface area (Å²) in [6, 6.07) is 4.91. The fourth-order valence-electron chi connectivity index (χ4n) is 1.61. The molecule has 0 aromatic heterocycles. The van der Waals surface area contributed by atoms with Crippen molar-refractivity contribution in [1.29, 1.82) is 0 Å². The smallest absolute Gasteiger partial charge is 0.446 e. The lowest BCUT2D eigenvalue weighted by atomic mass is 10.00. The Morgan fingerprint density at radius 3 is 2.14 bits per heavy atom. The van der Waals surface area contributed by atoms with Crippen molar-refractivity contribution in [3.63, 3.8) is 0 Å². The van der Waals surface area contributed by atoms with E-state index in [-0.39, 0.29) is 28.6 Å². The SMILES string of the molecule is CC(C)(CC(=O)O)NC(=O)c1ccc(SC(F)(F)F)cc1. The van der Waals surface area contributed by atoms with Gasteiger partial charge < -0.3 is 10.4 Å². The van der Waals surface area contributed by atoms with Gasteiger partial charge in [0, 0.05) is 16.0 Å². The van der Waals surface area contributed by atoms with E-state index in [1.165, 1.54) is 24.3 Å². The second-order valence-corrected chi connectivity index (χ2v) is 6.12. The summed E-state index contributed by atoms with van der Waals surface area (Å²) in [5, 5.41) is 11.2. The third-order valence-electron chi connectivity index (χ3n) is 2.40. The van der Waals surface area contributed by atoms with Crippen LogP contribution in [-0.2, 0) is 4.79 Å². The predicted molar refractivity (Wildman–Crippen MR) is 72.2 cm³/mol. The molecule has 0 heterocycles. The summed E-state index contributed by atoms with van der Waals surface area (Å²) >= 11 is -0.267. The maximum Gasteiger partial charge on any atom is 0.446 e. The highest BCUT2D eigenvalue weighted by Crippen LogP contribution is 2.36. The number of carboxylic acids is 1. The Balaban J connectivity index is 2.73. The van der Waals surface area contributed by atoms with Crippen LogP contribution in [0, 0.1) is 0 Å². The molecular weight excluding hydrogens is 307 g/mol. The van der Waals surface area contributed by atoms with Crippen LogP contribution < -0.4 is 5.32 Å². The number of halogens is 3. The maximum atomic E-state index is 12.2. The molecule has 0 spiro atoms. The van der Waals surface area contributed by atoms with Crippen molar-refractivity contribution >= 4 is 23.6 Å². The first kappa shape index (κ1) is 17.4. The van der Waals surface area contributed by atoms with Gasteiger partial charge >= 0.3 is 11.5 Å². The van der Waals surface area contributed by atoms with Gasteiger partial charge in [-0.05, 0) is 49.9 Å². The topological polar surface area (TPSA) is 66.4 Å². The molecule has 0 radical (unpaired) electrons. The van der Waals surface area contributed by atoms with Crippen LogP contribution in [0.5, 0.6) is 0 Å². The normalized spacial score (nSPS) is 12.0. The molecule has 0 saturated carbocycles. The van der Waals surface area contributed by atoms with Gasteiger partial charge in [-0.1, -0.05) is 0 Å². The summed E-state index contributed by atoms with van der Waals surface area (Å²) in [5.41, 5.74) is -5.17. The molecule has 0 saturated heterocycles. The highest BCUT2D eigenvalue weighted by molar-refractivity contribution is 8.00. The van der Waals surface area contributed by atoms with Gasteiger partial charge in [0.15, 0.2) is 0 Å². The Labute approximate surface area is 123 Å². The predicted octanol–water partition coefficient (Wildman–Crippen LogP) is 3.28. The lowest BCUT2D eigenvalue weighted by Crippen LogP contribution is -2.44. The van der Waals surface area contributed by atoms with Crippen LogP contribution in [0.1, 0.15) is 30.6 Å². The highest BCUT2D eigenvalue weighted by atomic mass is 32.2. The molecule has 1 aromatic carbocycles. The van der Waals surface area contributed by atoms with Crippen LogP contribution in [0.3, 0.4) is 0 Å². The van der Waals surface area contributed by atoms with E-state index in [2.05, 4.69) is 5.32 Å². The van der Waals surface area contributed by atoms with E-state index in [9.17, 15) is 22.8 Å². The molecule has 0 aliphatic rings. The first-order valence-electron chi connectivity index (χ1n) is 5.89. The number of carboxylic acid groups (broad SMARTS) is 1. The average Bonchev–Trinajstić information content (AvgIpc) is 2.24.